The molecule has 0 amide bonds. The van der Waals surface area contributed by atoms with Gasteiger partial charge in [-0.1, -0.05) is 27.7 Å². The molecule has 11 heavy (non-hydrogen) atoms. The molecule has 0 bridgehead atoms. The fourth-order valence-corrected chi connectivity index (χ4v) is 21.8. The first-order chi connectivity index (χ1) is 5.11. The van der Waals surface area contributed by atoms with Gasteiger partial charge in [0, 0.05) is 9.04 Å². The Hall–Kier alpha value is 0.611. The topological polar surface area (TPSA) is 3.24 Å². The molecule has 1 saturated heterocycles. The highest BCUT2D eigenvalue weighted by Gasteiger charge is 2.27. The van der Waals surface area contributed by atoms with Crippen molar-refractivity contribution >= 4 is 27.9 Å². The van der Waals surface area contributed by atoms with E-state index in [9.17, 15) is 0 Å². The lowest BCUT2D eigenvalue weighted by atomic mass is 10.3. The summed E-state index contributed by atoms with van der Waals surface area (Å²) in [5.41, 5.74) is 0. The van der Waals surface area contributed by atoms with E-state index in [0.717, 1.165) is 12.0 Å². The zero-order valence-corrected chi connectivity index (χ0v) is 12.5. The van der Waals surface area contributed by atoms with Crippen LogP contribution >= 0.6 is 0 Å². The zero-order chi connectivity index (χ0) is 8.43. The first-order valence-electron chi connectivity index (χ1n) is 4.85. The molecule has 4 heteroatoms. The molecular formula is C7H21NSi3. The molecule has 0 aromatic rings. The van der Waals surface area contributed by atoms with Crippen molar-refractivity contribution in [2.24, 2.45) is 5.92 Å². The largest absolute Gasteiger partial charge is 0.355 e. The highest BCUT2D eigenvalue weighted by molar-refractivity contribution is 7.09. The summed E-state index contributed by atoms with van der Waals surface area (Å²) in [6.45, 7) is 9.64. The van der Waals surface area contributed by atoms with Crippen molar-refractivity contribution in [2.45, 2.75) is 38.9 Å². The summed E-state index contributed by atoms with van der Waals surface area (Å²) >= 11 is 0. The van der Waals surface area contributed by atoms with Crippen LogP contribution < -0.4 is 0 Å². The maximum atomic E-state index is 2.93. The van der Waals surface area contributed by atoms with Crippen molar-refractivity contribution in [2.75, 3.05) is 0 Å². The van der Waals surface area contributed by atoms with Gasteiger partial charge in [0.1, 0.15) is 0 Å². The van der Waals surface area contributed by atoms with E-state index in [1.54, 1.807) is 0 Å². The second-order valence-electron chi connectivity index (χ2n) is 4.38. The van der Waals surface area contributed by atoms with Crippen molar-refractivity contribution in [3.05, 3.63) is 0 Å². The van der Waals surface area contributed by atoms with Gasteiger partial charge in [0.2, 0.25) is 0 Å². The maximum absolute atomic E-state index is 2.93. The Bertz CT molecular complexity index is 113. The van der Waals surface area contributed by atoms with E-state index in [0.29, 0.717) is 18.2 Å². The van der Waals surface area contributed by atoms with Crippen molar-refractivity contribution in [1.29, 1.82) is 0 Å². The Morgan fingerprint density at radius 3 is 2.09 bits per heavy atom. The zero-order valence-electron chi connectivity index (χ0n) is 8.30. The van der Waals surface area contributed by atoms with E-state index >= 15 is 0 Å². The summed E-state index contributed by atoms with van der Waals surface area (Å²) in [5, 5.41) is 1.30. The van der Waals surface area contributed by atoms with Gasteiger partial charge in [-0.2, -0.15) is 0 Å². The first-order valence-corrected chi connectivity index (χ1v) is 11.7. The van der Waals surface area contributed by atoms with Crippen LogP contribution in [-0.2, 0) is 0 Å². The Kier molecular flexibility index (Phi) is 3.55. The third-order valence-electron chi connectivity index (χ3n) is 2.93. The lowest BCUT2D eigenvalue weighted by Crippen LogP contribution is -2.33. The summed E-state index contributed by atoms with van der Waals surface area (Å²) in [6.07, 6.45) is 0. The van der Waals surface area contributed by atoms with Crippen molar-refractivity contribution < 1.29 is 0 Å². The average Bonchev–Trinajstić information content (AvgIpc) is 2.33. The number of hydrogen-bond acceptors (Lipinski definition) is 1. The number of hydrogen-bond donors (Lipinski definition) is 0. The van der Waals surface area contributed by atoms with Crippen LogP contribution in [0.25, 0.3) is 0 Å². The molecule has 1 aliphatic heterocycles. The second-order valence-corrected chi connectivity index (χ2v) is 14.6. The minimum absolute atomic E-state index is 0.233. The molecule has 1 rings (SSSR count). The number of rotatable bonds is 2. The quantitative estimate of drug-likeness (QED) is 0.540. The van der Waals surface area contributed by atoms with Gasteiger partial charge in [0.25, 0.3) is 0 Å². The molecule has 0 aromatic carbocycles. The van der Waals surface area contributed by atoms with Crippen molar-refractivity contribution in [3.8, 4) is 0 Å². The molecule has 0 saturated carbocycles. The first kappa shape index (κ1) is 9.70. The molecule has 1 unspecified atom stereocenters. The van der Waals surface area contributed by atoms with Crippen LogP contribution in [0.15, 0.2) is 0 Å². The van der Waals surface area contributed by atoms with E-state index in [1.807, 2.05) is 0 Å². The van der Waals surface area contributed by atoms with Crippen LogP contribution in [-0.4, -0.2) is 38.2 Å². The monoisotopic (exact) mass is 203 g/mol. The standard InChI is InChI=1S/C7H21NSi3/c1-5(2)7-9-8(6(3)4)11-10-7/h5-7H,9-11H2,1-4H3. The second kappa shape index (κ2) is 4.02. The predicted octanol–water partition coefficient (Wildman–Crippen LogP) is -0.636. The van der Waals surface area contributed by atoms with E-state index in [4.69, 9.17) is 0 Å². The fraction of sp³-hybridized carbons (Fsp3) is 1.00. The van der Waals surface area contributed by atoms with E-state index < -0.39 is 0 Å². The van der Waals surface area contributed by atoms with Crippen LogP contribution in [0.4, 0.5) is 0 Å². The lowest BCUT2D eigenvalue weighted by Gasteiger charge is -2.21. The molecule has 1 atom stereocenters. The van der Waals surface area contributed by atoms with Crippen LogP contribution in [0.2, 0.25) is 5.16 Å². The summed E-state index contributed by atoms with van der Waals surface area (Å²) in [4.78, 5) is 0. The summed E-state index contributed by atoms with van der Waals surface area (Å²) < 4.78 is 2.93. The van der Waals surface area contributed by atoms with Gasteiger partial charge in [-0.15, -0.1) is 0 Å². The highest BCUT2D eigenvalue weighted by atomic mass is 29.2. The smallest absolute Gasteiger partial charge is 0.0871 e. The fourth-order valence-electron chi connectivity index (χ4n) is 1.83. The molecule has 0 spiro atoms. The van der Waals surface area contributed by atoms with Crippen molar-refractivity contribution in [1.82, 2.24) is 4.23 Å². The molecule has 0 aromatic heterocycles. The van der Waals surface area contributed by atoms with Gasteiger partial charge in [-0.3, -0.25) is 0 Å². The normalized spacial score (nSPS) is 33.8. The Morgan fingerprint density at radius 1 is 1.18 bits per heavy atom. The summed E-state index contributed by atoms with van der Waals surface area (Å²) in [5.74, 6) is 1.03. The maximum Gasteiger partial charge on any atom is 0.0871 e. The molecule has 1 nitrogen and oxygen atoms in total. The van der Waals surface area contributed by atoms with E-state index in [2.05, 4.69) is 31.9 Å². The summed E-state index contributed by atoms with van der Waals surface area (Å²) in [7, 11) is 1.03. The van der Waals surface area contributed by atoms with Gasteiger partial charge in [-0.25, -0.2) is 0 Å². The highest BCUT2D eigenvalue weighted by Crippen LogP contribution is 2.21. The van der Waals surface area contributed by atoms with Gasteiger partial charge in [0.15, 0.2) is 0 Å². The number of nitrogens with zero attached hydrogens (tertiary/aromatic N) is 1. The van der Waals surface area contributed by atoms with Crippen LogP contribution in [0.3, 0.4) is 0 Å². The molecule has 66 valence electrons. The van der Waals surface area contributed by atoms with Crippen LogP contribution in [0.1, 0.15) is 27.7 Å². The molecule has 1 fully saturated rings. The molecule has 0 aliphatic carbocycles. The molecule has 1 heterocycles. The Labute approximate surface area is 77.4 Å². The molecular weight excluding hydrogens is 182 g/mol. The van der Waals surface area contributed by atoms with Crippen LogP contribution in [0.5, 0.6) is 0 Å². The van der Waals surface area contributed by atoms with Gasteiger partial charge in [-0.05, 0) is 17.1 Å². The SMILES string of the molecule is CC(C)C1[SiH2][SiH2]N(C(C)C)[SiH2]1. The Morgan fingerprint density at radius 2 is 1.82 bits per heavy atom. The lowest BCUT2D eigenvalue weighted by molar-refractivity contribution is 0.548. The molecule has 0 N–H and O–H groups in total. The van der Waals surface area contributed by atoms with E-state index in [-0.39, 0.29) is 9.68 Å². The average molecular weight is 204 g/mol. The van der Waals surface area contributed by atoms with Gasteiger partial charge < -0.3 is 4.23 Å². The van der Waals surface area contributed by atoms with Crippen LogP contribution in [0, 0.1) is 5.92 Å². The Balaban J connectivity index is 2.35. The molecule has 0 radical (unpaired) electrons. The third kappa shape index (κ3) is 2.54. The van der Waals surface area contributed by atoms with E-state index in [1.165, 1.54) is 5.16 Å². The van der Waals surface area contributed by atoms with Gasteiger partial charge in [0.05, 0.1) is 18.9 Å². The molecule has 1 aliphatic rings. The van der Waals surface area contributed by atoms with Gasteiger partial charge >= 0.3 is 0 Å². The predicted molar refractivity (Wildman–Crippen MR) is 61.2 cm³/mol. The third-order valence-corrected chi connectivity index (χ3v) is 21.6. The summed E-state index contributed by atoms with van der Waals surface area (Å²) in [6, 6.07) is 0.907. The van der Waals surface area contributed by atoms with Crippen molar-refractivity contribution in [3.63, 3.8) is 0 Å². The minimum atomic E-state index is 0.233. The minimum Gasteiger partial charge on any atom is -0.355 e.